The molecule has 0 radical (unpaired) electrons. The molecule has 0 amide bonds. The van der Waals surface area contributed by atoms with Gasteiger partial charge in [0.25, 0.3) is 5.56 Å². The summed E-state index contributed by atoms with van der Waals surface area (Å²) in [6, 6.07) is 13.6. The van der Waals surface area contributed by atoms with Crippen LogP contribution in [0.1, 0.15) is 54.4 Å². The number of nitrogens with zero attached hydrogens (tertiary/aromatic N) is 5. The minimum atomic E-state index is -0.408. The number of aromatic nitrogens is 5. The molecule has 2 heterocycles. The summed E-state index contributed by atoms with van der Waals surface area (Å²) in [5.41, 5.74) is 4.52. The minimum Gasteiger partial charge on any atom is -0.497 e. The molecule has 4 rings (SSSR count). The van der Waals surface area contributed by atoms with Crippen molar-refractivity contribution in [2.75, 3.05) is 13.7 Å². The summed E-state index contributed by atoms with van der Waals surface area (Å²) in [6.07, 6.45) is 0.656. The second-order valence-corrected chi connectivity index (χ2v) is 9.29. The van der Waals surface area contributed by atoms with Crippen LogP contribution in [-0.4, -0.2) is 49.8 Å². The average molecular weight is 519 g/mol. The van der Waals surface area contributed by atoms with Crippen molar-refractivity contribution in [1.29, 1.82) is 0 Å². The zero-order valence-corrected chi connectivity index (χ0v) is 22.5. The SMILES string of the molecule is CCOC(=O)Cn1nnnc1C(CC)N(Cc1ccc(OC)cc1)Cc1cc2c(C)ccc(C)c2[nH]c1=O. The maximum Gasteiger partial charge on any atom is 0.327 e. The van der Waals surface area contributed by atoms with Crippen molar-refractivity contribution in [2.45, 2.75) is 59.8 Å². The van der Waals surface area contributed by atoms with Crippen molar-refractivity contribution in [3.05, 3.63) is 80.9 Å². The Kier molecular flexibility index (Phi) is 8.52. The van der Waals surface area contributed by atoms with Crippen LogP contribution in [0.5, 0.6) is 5.75 Å². The standard InChI is InChI=1S/C28H34N6O4/c1-6-24(27-30-31-32-34(27)17-25(35)38-7-2)33(15-20-10-12-22(37-5)13-11-20)16-21-14-23-18(3)8-9-19(4)26(23)29-28(21)36/h8-14,24H,6-7,15-17H2,1-5H3,(H,29,36). The zero-order chi connectivity index (χ0) is 27.2. The number of aromatic amines is 1. The third-order valence-electron chi connectivity index (χ3n) is 6.71. The number of rotatable bonds is 11. The molecule has 2 aromatic heterocycles. The van der Waals surface area contributed by atoms with Gasteiger partial charge in [0.2, 0.25) is 0 Å². The van der Waals surface area contributed by atoms with E-state index >= 15 is 0 Å². The first-order chi connectivity index (χ1) is 18.3. The van der Waals surface area contributed by atoms with Gasteiger partial charge < -0.3 is 14.5 Å². The van der Waals surface area contributed by atoms with Crippen LogP contribution in [0.3, 0.4) is 0 Å². The number of ether oxygens (including phenoxy) is 2. The number of pyridine rings is 1. The number of carbonyl (C=O) groups is 1. The third-order valence-corrected chi connectivity index (χ3v) is 6.71. The first-order valence-electron chi connectivity index (χ1n) is 12.7. The molecule has 38 heavy (non-hydrogen) atoms. The summed E-state index contributed by atoms with van der Waals surface area (Å²) in [5.74, 6) is 0.898. The Morgan fingerprint density at radius 3 is 2.50 bits per heavy atom. The van der Waals surface area contributed by atoms with Gasteiger partial charge >= 0.3 is 5.97 Å². The van der Waals surface area contributed by atoms with E-state index in [4.69, 9.17) is 9.47 Å². The number of carbonyl (C=O) groups excluding carboxylic acids is 1. The molecule has 4 aromatic rings. The van der Waals surface area contributed by atoms with Gasteiger partial charge in [-0.15, -0.1) is 5.10 Å². The lowest BCUT2D eigenvalue weighted by atomic mass is 10.0. The van der Waals surface area contributed by atoms with Crippen LogP contribution in [0.4, 0.5) is 0 Å². The number of methoxy groups -OCH3 is 1. The van der Waals surface area contributed by atoms with Gasteiger partial charge in [-0.05, 0) is 72.5 Å². The Morgan fingerprint density at radius 2 is 1.82 bits per heavy atom. The van der Waals surface area contributed by atoms with E-state index in [1.807, 2.05) is 57.2 Å². The monoisotopic (exact) mass is 518 g/mol. The summed E-state index contributed by atoms with van der Waals surface area (Å²) in [5, 5.41) is 13.2. The normalized spacial score (nSPS) is 12.2. The Balaban J connectivity index is 1.74. The van der Waals surface area contributed by atoms with E-state index in [0.717, 1.165) is 33.3 Å². The summed E-state index contributed by atoms with van der Waals surface area (Å²) in [4.78, 5) is 30.7. The quantitative estimate of drug-likeness (QED) is 0.298. The smallest absolute Gasteiger partial charge is 0.327 e. The number of fused-ring (bicyclic) bond motifs is 1. The van der Waals surface area contributed by atoms with E-state index in [9.17, 15) is 9.59 Å². The van der Waals surface area contributed by atoms with Crippen LogP contribution in [0.15, 0.2) is 47.3 Å². The fourth-order valence-corrected chi connectivity index (χ4v) is 4.69. The van der Waals surface area contributed by atoms with Gasteiger partial charge in [-0.1, -0.05) is 31.2 Å². The molecule has 10 heteroatoms. The molecule has 0 saturated carbocycles. The number of H-pyrrole nitrogens is 1. The zero-order valence-electron chi connectivity index (χ0n) is 22.5. The molecule has 1 N–H and O–H groups in total. The Hall–Kier alpha value is -4.05. The van der Waals surface area contributed by atoms with Gasteiger partial charge in [-0.3, -0.25) is 14.5 Å². The van der Waals surface area contributed by atoms with Crippen molar-refractivity contribution in [2.24, 2.45) is 0 Å². The molecule has 10 nitrogen and oxygen atoms in total. The fourth-order valence-electron chi connectivity index (χ4n) is 4.69. The van der Waals surface area contributed by atoms with E-state index in [1.54, 1.807) is 14.0 Å². The number of tetrazole rings is 1. The van der Waals surface area contributed by atoms with Crippen molar-refractivity contribution in [3.8, 4) is 5.75 Å². The van der Waals surface area contributed by atoms with Crippen molar-refractivity contribution in [1.82, 2.24) is 30.1 Å². The van der Waals surface area contributed by atoms with Gasteiger partial charge in [-0.25, -0.2) is 4.68 Å². The summed E-state index contributed by atoms with van der Waals surface area (Å²) >= 11 is 0. The second-order valence-electron chi connectivity index (χ2n) is 9.29. The van der Waals surface area contributed by atoms with E-state index in [1.165, 1.54) is 4.68 Å². The fraction of sp³-hybridized carbons (Fsp3) is 0.393. The minimum absolute atomic E-state index is 0.0852. The van der Waals surface area contributed by atoms with Gasteiger partial charge in [-0.2, -0.15) is 0 Å². The highest BCUT2D eigenvalue weighted by Gasteiger charge is 2.27. The molecule has 0 aliphatic rings. The topological polar surface area (TPSA) is 115 Å². The summed E-state index contributed by atoms with van der Waals surface area (Å²) < 4.78 is 11.9. The summed E-state index contributed by atoms with van der Waals surface area (Å²) in [7, 11) is 1.63. The average Bonchev–Trinajstić information content (AvgIpc) is 3.35. The summed E-state index contributed by atoms with van der Waals surface area (Å²) in [6.45, 7) is 8.90. The van der Waals surface area contributed by atoms with Crippen LogP contribution in [0.2, 0.25) is 0 Å². The molecule has 0 aliphatic heterocycles. The molecular weight excluding hydrogens is 484 g/mol. The first kappa shape index (κ1) is 27.0. The van der Waals surface area contributed by atoms with Crippen LogP contribution in [0, 0.1) is 13.8 Å². The molecular formula is C28H34N6O4. The molecule has 0 spiro atoms. The van der Waals surface area contributed by atoms with Crippen molar-refractivity contribution < 1.29 is 14.3 Å². The molecule has 1 atom stereocenters. The highest BCUT2D eigenvalue weighted by molar-refractivity contribution is 5.85. The maximum atomic E-state index is 13.2. The predicted octanol–water partition coefficient (Wildman–Crippen LogP) is 3.86. The molecule has 200 valence electrons. The lowest BCUT2D eigenvalue weighted by Gasteiger charge is -2.30. The van der Waals surface area contributed by atoms with Crippen molar-refractivity contribution >= 4 is 16.9 Å². The lowest BCUT2D eigenvalue weighted by Crippen LogP contribution is -2.33. The van der Waals surface area contributed by atoms with E-state index < -0.39 is 5.97 Å². The van der Waals surface area contributed by atoms with E-state index in [2.05, 4.69) is 31.5 Å². The van der Waals surface area contributed by atoms with Crippen molar-refractivity contribution in [3.63, 3.8) is 0 Å². The highest BCUT2D eigenvalue weighted by atomic mass is 16.5. The third kappa shape index (κ3) is 5.91. The van der Waals surface area contributed by atoms with Gasteiger partial charge in [0.15, 0.2) is 5.82 Å². The van der Waals surface area contributed by atoms with Crippen LogP contribution in [-0.2, 0) is 29.2 Å². The van der Waals surface area contributed by atoms with Crippen LogP contribution < -0.4 is 10.3 Å². The molecule has 0 fully saturated rings. The molecule has 0 bridgehead atoms. The van der Waals surface area contributed by atoms with E-state index in [0.29, 0.717) is 30.9 Å². The molecule has 1 unspecified atom stereocenters. The second kappa shape index (κ2) is 12.0. The number of esters is 1. The van der Waals surface area contributed by atoms with Gasteiger partial charge in [0, 0.05) is 24.0 Å². The first-order valence-corrected chi connectivity index (χ1v) is 12.7. The molecule has 2 aromatic carbocycles. The number of hydrogen-bond acceptors (Lipinski definition) is 8. The number of benzene rings is 2. The largest absolute Gasteiger partial charge is 0.497 e. The van der Waals surface area contributed by atoms with Crippen LogP contribution in [0.25, 0.3) is 10.9 Å². The highest BCUT2D eigenvalue weighted by Crippen LogP contribution is 2.28. The van der Waals surface area contributed by atoms with Crippen LogP contribution >= 0.6 is 0 Å². The number of nitrogens with one attached hydrogen (secondary N) is 1. The van der Waals surface area contributed by atoms with E-state index in [-0.39, 0.29) is 24.8 Å². The Bertz CT molecular complexity index is 1460. The molecule has 0 saturated heterocycles. The maximum absolute atomic E-state index is 13.2. The Labute approximate surface area is 221 Å². The molecule has 0 aliphatic carbocycles. The Morgan fingerprint density at radius 1 is 1.08 bits per heavy atom. The van der Waals surface area contributed by atoms with Gasteiger partial charge in [0.1, 0.15) is 12.3 Å². The number of hydrogen-bond donors (Lipinski definition) is 1. The predicted molar refractivity (Wildman–Crippen MR) is 144 cm³/mol. The lowest BCUT2D eigenvalue weighted by molar-refractivity contribution is -0.144. The number of aryl methyl sites for hydroxylation is 2. The van der Waals surface area contributed by atoms with Gasteiger partial charge in [0.05, 0.1) is 25.3 Å².